The van der Waals surface area contributed by atoms with Crippen LogP contribution in [0.1, 0.15) is 28.5 Å². The summed E-state index contributed by atoms with van der Waals surface area (Å²) in [5.74, 6) is 1.16. The summed E-state index contributed by atoms with van der Waals surface area (Å²) in [6.07, 6.45) is 0. The molecule has 3 aromatic rings. The quantitative estimate of drug-likeness (QED) is 0.652. The molecule has 1 heterocycles. The molecule has 0 spiro atoms. The third-order valence-corrected chi connectivity index (χ3v) is 4.29. The van der Waals surface area contributed by atoms with Crippen molar-refractivity contribution in [1.29, 1.82) is 0 Å². The van der Waals surface area contributed by atoms with E-state index in [1.807, 2.05) is 48.7 Å². The number of benzene rings is 2. The number of nitrogens with one attached hydrogen (secondary N) is 1. The Labute approximate surface area is 156 Å². The summed E-state index contributed by atoms with van der Waals surface area (Å²) in [5.41, 5.74) is 4.08. The number of amides is 1. The summed E-state index contributed by atoms with van der Waals surface area (Å²) in [7, 11) is 0. The van der Waals surface area contributed by atoms with Crippen molar-refractivity contribution in [3.05, 3.63) is 76.2 Å². The van der Waals surface area contributed by atoms with E-state index in [4.69, 9.17) is 9.47 Å². The van der Waals surface area contributed by atoms with Gasteiger partial charge in [-0.25, -0.2) is 4.98 Å². The SMILES string of the molecule is CCOc1cccc(CNC(=O)c2ccccc2OCc2cscn2)c1. The number of hydrogen-bond donors (Lipinski definition) is 1. The molecule has 0 atom stereocenters. The fraction of sp³-hybridized carbons (Fsp3) is 0.200. The van der Waals surface area contributed by atoms with Gasteiger partial charge in [-0.3, -0.25) is 4.79 Å². The van der Waals surface area contributed by atoms with Gasteiger partial charge in [-0.05, 0) is 36.8 Å². The summed E-state index contributed by atoms with van der Waals surface area (Å²) >= 11 is 1.51. The molecule has 0 aliphatic heterocycles. The van der Waals surface area contributed by atoms with Crippen molar-refractivity contribution < 1.29 is 14.3 Å². The molecule has 2 aromatic carbocycles. The second kappa shape index (κ2) is 9.01. The van der Waals surface area contributed by atoms with E-state index >= 15 is 0 Å². The van der Waals surface area contributed by atoms with Gasteiger partial charge in [0.05, 0.1) is 23.4 Å². The van der Waals surface area contributed by atoms with Gasteiger partial charge in [-0.2, -0.15) is 0 Å². The van der Waals surface area contributed by atoms with Crippen molar-refractivity contribution in [1.82, 2.24) is 10.3 Å². The molecule has 26 heavy (non-hydrogen) atoms. The van der Waals surface area contributed by atoms with E-state index in [0.29, 0.717) is 31.1 Å². The Hall–Kier alpha value is -2.86. The summed E-state index contributed by atoms with van der Waals surface area (Å²) < 4.78 is 11.3. The molecule has 3 rings (SSSR count). The van der Waals surface area contributed by atoms with Crippen LogP contribution in [0.5, 0.6) is 11.5 Å². The number of rotatable bonds is 8. The molecule has 5 nitrogen and oxygen atoms in total. The molecule has 1 aromatic heterocycles. The Bertz CT molecular complexity index is 850. The van der Waals surface area contributed by atoms with E-state index in [1.165, 1.54) is 11.3 Å². The molecule has 0 unspecified atom stereocenters. The molecule has 0 fully saturated rings. The van der Waals surface area contributed by atoms with Crippen LogP contribution in [0.4, 0.5) is 0 Å². The minimum absolute atomic E-state index is 0.180. The first-order valence-electron chi connectivity index (χ1n) is 8.35. The van der Waals surface area contributed by atoms with Crippen molar-refractivity contribution in [2.24, 2.45) is 0 Å². The number of carbonyl (C=O) groups is 1. The number of hydrogen-bond acceptors (Lipinski definition) is 5. The van der Waals surface area contributed by atoms with Crippen molar-refractivity contribution >= 4 is 17.2 Å². The topological polar surface area (TPSA) is 60.5 Å². The lowest BCUT2D eigenvalue weighted by molar-refractivity contribution is 0.0946. The standard InChI is InChI=1S/C20H20N2O3S/c1-2-24-17-7-5-6-15(10-17)11-21-20(23)18-8-3-4-9-19(18)25-12-16-13-26-14-22-16/h3-10,13-14H,2,11-12H2,1H3,(H,21,23). The van der Waals surface area contributed by atoms with Gasteiger partial charge in [0.1, 0.15) is 18.1 Å². The van der Waals surface area contributed by atoms with Crippen molar-refractivity contribution in [2.75, 3.05) is 6.61 Å². The molecule has 0 aliphatic carbocycles. The van der Waals surface area contributed by atoms with Gasteiger partial charge in [-0.15, -0.1) is 11.3 Å². The lowest BCUT2D eigenvalue weighted by atomic mass is 10.1. The first kappa shape index (κ1) is 17.9. The second-order valence-electron chi connectivity index (χ2n) is 5.53. The van der Waals surface area contributed by atoms with Crippen LogP contribution in [0.2, 0.25) is 0 Å². The Morgan fingerprint density at radius 1 is 1.15 bits per heavy atom. The minimum Gasteiger partial charge on any atom is -0.494 e. The molecule has 6 heteroatoms. The molecule has 0 aliphatic rings. The second-order valence-corrected chi connectivity index (χ2v) is 6.25. The van der Waals surface area contributed by atoms with Crippen molar-refractivity contribution in [2.45, 2.75) is 20.1 Å². The lowest BCUT2D eigenvalue weighted by Crippen LogP contribution is -2.23. The molecular formula is C20H20N2O3S. The zero-order valence-corrected chi connectivity index (χ0v) is 15.3. The molecule has 0 radical (unpaired) electrons. The van der Waals surface area contributed by atoms with E-state index in [-0.39, 0.29) is 5.91 Å². The fourth-order valence-electron chi connectivity index (χ4n) is 2.43. The van der Waals surface area contributed by atoms with Crippen LogP contribution in [0, 0.1) is 0 Å². The predicted octanol–water partition coefficient (Wildman–Crippen LogP) is 4.05. The number of thiazole rings is 1. The molecule has 0 bridgehead atoms. The Balaban J connectivity index is 1.63. The maximum Gasteiger partial charge on any atom is 0.255 e. The maximum absolute atomic E-state index is 12.6. The molecule has 1 amide bonds. The molecule has 134 valence electrons. The predicted molar refractivity (Wildman–Crippen MR) is 102 cm³/mol. The van der Waals surface area contributed by atoms with E-state index < -0.39 is 0 Å². The normalized spacial score (nSPS) is 10.3. The lowest BCUT2D eigenvalue weighted by Gasteiger charge is -2.11. The average Bonchev–Trinajstić information content (AvgIpc) is 3.19. The van der Waals surface area contributed by atoms with Gasteiger partial charge in [0.15, 0.2) is 0 Å². The molecular weight excluding hydrogens is 348 g/mol. The fourth-order valence-corrected chi connectivity index (χ4v) is 2.97. The van der Waals surface area contributed by atoms with Gasteiger partial charge in [0.2, 0.25) is 0 Å². The number of para-hydroxylation sites is 1. The smallest absolute Gasteiger partial charge is 0.255 e. The van der Waals surface area contributed by atoms with Crippen molar-refractivity contribution in [3.8, 4) is 11.5 Å². The highest BCUT2D eigenvalue weighted by Gasteiger charge is 2.12. The van der Waals surface area contributed by atoms with E-state index in [9.17, 15) is 4.79 Å². The summed E-state index contributed by atoms with van der Waals surface area (Å²) in [6.45, 7) is 3.31. The summed E-state index contributed by atoms with van der Waals surface area (Å²) in [5, 5.41) is 4.85. The maximum atomic E-state index is 12.6. The van der Waals surface area contributed by atoms with Crippen LogP contribution in [0.15, 0.2) is 59.4 Å². The monoisotopic (exact) mass is 368 g/mol. The Morgan fingerprint density at radius 3 is 2.85 bits per heavy atom. The highest BCUT2D eigenvalue weighted by Crippen LogP contribution is 2.20. The summed E-state index contributed by atoms with van der Waals surface area (Å²) in [4.78, 5) is 16.8. The van der Waals surface area contributed by atoms with E-state index in [2.05, 4.69) is 10.3 Å². The van der Waals surface area contributed by atoms with Gasteiger partial charge < -0.3 is 14.8 Å². The van der Waals surface area contributed by atoms with Gasteiger partial charge in [-0.1, -0.05) is 24.3 Å². The first-order valence-corrected chi connectivity index (χ1v) is 9.29. The Kier molecular flexibility index (Phi) is 6.22. The highest BCUT2D eigenvalue weighted by atomic mass is 32.1. The van der Waals surface area contributed by atoms with Crippen molar-refractivity contribution in [3.63, 3.8) is 0 Å². The average molecular weight is 368 g/mol. The van der Waals surface area contributed by atoms with Gasteiger partial charge in [0.25, 0.3) is 5.91 Å². The minimum atomic E-state index is -0.180. The van der Waals surface area contributed by atoms with E-state index in [1.54, 1.807) is 17.6 Å². The van der Waals surface area contributed by atoms with Crippen LogP contribution in [-0.4, -0.2) is 17.5 Å². The van der Waals surface area contributed by atoms with Crippen LogP contribution in [0.25, 0.3) is 0 Å². The van der Waals surface area contributed by atoms with Crippen LogP contribution >= 0.6 is 11.3 Å². The highest BCUT2D eigenvalue weighted by molar-refractivity contribution is 7.07. The number of carbonyl (C=O) groups excluding carboxylic acids is 1. The number of ether oxygens (including phenoxy) is 2. The first-order chi connectivity index (χ1) is 12.8. The molecule has 1 N–H and O–H groups in total. The largest absolute Gasteiger partial charge is 0.494 e. The summed E-state index contributed by atoms with van der Waals surface area (Å²) in [6, 6.07) is 14.9. The van der Waals surface area contributed by atoms with Crippen LogP contribution in [0.3, 0.4) is 0 Å². The van der Waals surface area contributed by atoms with Gasteiger partial charge >= 0.3 is 0 Å². The zero-order valence-electron chi connectivity index (χ0n) is 14.5. The zero-order chi connectivity index (χ0) is 18.2. The molecule has 0 saturated carbocycles. The number of aromatic nitrogens is 1. The Morgan fingerprint density at radius 2 is 2.04 bits per heavy atom. The van der Waals surface area contributed by atoms with Crippen LogP contribution < -0.4 is 14.8 Å². The third kappa shape index (κ3) is 4.83. The van der Waals surface area contributed by atoms with E-state index in [0.717, 1.165) is 17.0 Å². The number of nitrogens with zero attached hydrogens (tertiary/aromatic N) is 1. The third-order valence-electron chi connectivity index (χ3n) is 3.65. The van der Waals surface area contributed by atoms with Gasteiger partial charge in [0, 0.05) is 11.9 Å². The van der Waals surface area contributed by atoms with Crippen LogP contribution in [-0.2, 0) is 13.2 Å². The molecule has 0 saturated heterocycles.